The van der Waals surface area contributed by atoms with Crippen LogP contribution in [0.15, 0.2) is 78.4 Å². The maximum atomic E-state index is 13.3. The molecule has 35 heavy (non-hydrogen) atoms. The molecule has 7 nitrogen and oxygen atoms in total. The summed E-state index contributed by atoms with van der Waals surface area (Å²) in [6, 6.07) is 19.9. The van der Waals surface area contributed by atoms with E-state index in [0.29, 0.717) is 40.7 Å². The van der Waals surface area contributed by atoms with Gasteiger partial charge in [0.15, 0.2) is 0 Å². The quantitative estimate of drug-likeness (QED) is 0.278. The van der Waals surface area contributed by atoms with Gasteiger partial charge in [-0.2, -0.15) is 0 Å². The Hall–Kier alpha value is -4.26. The van der Waals surface area contributed by atoms with Crippen LogP contribution in [0.2, 0.25) is 0 Å². The standard InChI is InChI=1S/C28H27NO6/c1-4-15-35-23-10-5-7-18(16-23)25-24(26(30)19-8-6-9-22(17-19)34-3)27(31)28(32)29(25)20-11-13-21(33-2)14-12-20/h5-14,16-17,25,30H,4,15H2,1-3H3/b26-24-. The lowest BCUT2D eigenvalue weighted by atomic mass is 9.95. The van der Waals surface area contributed by atoms with Crippen LogP contribution in [0.25, 0.3) is 5.76 Å². The molecule has 1 aliphatic rings. The number of carbonyl (C=O) groups is 2. The summed E-state index contributed by atoms with van der Waals surface area (Å²) in [7, 11) is 3.07. The van der Waals surface area contributed by atoms with Gasteiger partial charge in [-0.3, -0.25) is 14.5 Å². The highest BCUT2D eigenvalue weighted by atomic mass is 16.5. The van der Waals surface area contributed by atoms with E-state index >= 15 is 0 Å². The highest BCUT2D eigenvalue weighted by molar-refractivity contribution is 6.51. The number of amides is 1. The first-order chi connectivity index (χ1) is 17.0. The summed E-state index contributed by atoms with van der Waals surface area (Å²) < 4.78 is 16.3. The fourth-order valence-corrected chi connectivity index (χ4v) is 4.08. The average Bonchev–Trinajstić information content (AvgIpc) is 3.17. The van der Waals surface area contributed by atoms with Gasteiger partial charge in [0.2, 0.25) is 0 Å². The number of aliphatic hydroxyl groups is 1. The minimum Gasteiger partial charge on any atom is -0.507 e. The van der Waals surface area contributed by atoms with E-state index in [0.717, 1.165) is 6.42 Å². The Labute approximate surface area is 204 Å². The third-order valence-corrected chi connectivity index (χ3v) is 5.78. The normalized spacial score (nSPS) is 16.9. The van der Waals surface area contributed by atoms with Crippen LogP contribution < -0.4 is 19.1 Å². The second kappa shape index (κ2) is 10.3. The highest BCUT2D eigenvalue weighted by Gasteiger charge is 2.47. The summed E-state index contributed by atoms with van der Waals surface area (Å²) in [4.78, 5) is 28.0. The molecular formula is C28H27NO6. The van der Waals surface area contributed by atoms with Crippen molar-refractivity contribution >= 4 is 23.1 Å². The van der Waals surface area contributed by atoms with Crippen molar-refractivity contribution in [2.75, 3.05) is 25.7 Å². The molecule has 1 N–H and O–H groups in total. The Morgan fingerprint density at radius 1 is 0.886 bits per heavy atom. The molecule has 1 heterocycles. The molecule has 0 spiro atoms. The molecule has 3 aromatic carbocycles. The molecule has 1 amide bonds. The summed E-state index contributed by atoms with van der Waals surface area (Å²) in [5.41, 5.74) is 1.51. The Kier molecular flexibility index (Phi) is 7.06. The number of rotatable bonds is 8. The van der Waals surface area contributed by atoms with Gasteiger partial charge in [0.25, 0.3) is 11.7 Å². The zero-order chi connectivity index (χ0) is 24.9. The Balaban J connectivity index is 1.90. The average molecular weight is 474 g/mol. The fraction of sp³-hybridized carbons (Fsp3) is 0.214. The van der Waals surface area contributed by atoms with Crippen LogP contribution in [0.5, 0.6) is 17.2 Å². The van der Waals surface area contributed by atoms with Crippen LogP contribution in [-0.2, 0) is 9.59 Å². The predicted molar refractivity (Wildman–Crippen MR) is 133 cm³/mol. The van der Waals surface area contributed by atoms with Gasteiger partial charge in [-0.05, 0) is 60.5 Å². The molecule has 0 saturated carbocycles. The Bertz CT molecular complexity index is 1260. The Morgan fingerprint density at radius 3 is 2.26 bits per heavy atom. The highest BCUT2D eigenvalue weighted by Crippen LogP contribution is 2.43. The number of ether oxygens (including phenoxy) is 3. The number of aliphatic hydroxyl groups excluding tert-OH is 1. The van der Waals surface area contributed by atoms with Crippen molar-refractivity contribution in [1.82, 2.24) is 0 Å². The molecule has 3 aromatic rings. The first-order valence-corrected chi connectivity index (χ1v) is 11.3. The lowest BCUT2D eigenvalue weighted by Gasteiger charge is -2.26. The van der Waals surface area contributed by atoms with E-state index in [1.807, 2.05) is 19.1 Å². The lowest BCUT2D eigenvalue weighted by Crippen LogP contribution is -2.29. The van der Waals surface area contributed by atoms with E-state index in [1.165, 1.54) is 12.0 Å². The molecule has 1 aliphatic heterocycles. The zero-order valence-electron chi connectivity index (χ0n) is 19.9. The topological polar surface area (TPSA) is 85.3 Å². The molecule has 7 heteroatoms. The molecule has 4 rings (SSSR count). The van der Waals surface area contributed by atoms with Gasteiger partial charge in [-0.15, -0.1) is 0 Å². The fourth-order valence-electron chi connectivity index (χ4n) is 4.08. The molecule has 180 valence electrons. The van der Waals surface area contributed by atoms with Crippen LogP contribution in [0.4, 0.5) is 5.69 Å². The van der Waals surface area contributed by atoms with Crippen LogP contribution in [0.1, 0.15) is 30.5 Å². The monoisotopic (exact) mass is 473 g/mol. The van der Waals surface area contributed by atoms with Gasteiger partial charge >= 0.3 is 0 Å². The van der Waals surface area contributed by atoms with Crippen molar-refractivity contribution in [2.45, 2.75) is 19.4 Å². The molecule has 1 saturated heterocycles. The number of hydrogen-bond acceptors (Lipinski definition) is 6. The van der Waals surface area contributed by atoms with E-state index in [-0.39, 0.29) is 11.3 Å². The van der Waals surface area contributed by atoms with Crippen LogP contribution in [0.3, 0.4) is 0 Å². The number of benzene rings is 3. The number of Topliss-reactive ketones (excluding diaryl/α,β-unsaturated/α-hetero) is 1. The van der Waals surface area contributed by atoms with Gasteiger partial charge in [-0.25, -0.2) is 0 Å². The minimum absolute atomic E-state index is 0.00767. The second-order valence-corrected chi connectivity index (χ2v) is 8.02. The van der Waals surface area contributed by atoms with Crippen LogP contribution in [-0.4, -0.2) is 37.6 Å². The molecule has 0 radical (unpaired) electrons. The van der Waals surface area contributed by atoms with E-state index < -0.39 is 17.7 Å². The summed E-state index contributed by atoms with van der Waals surface area (Å²) in [6.07, 6.45) is 0.838. The van der Waals surface area contributed by atoms with Crippen LogP contribution >= 0.6 is 0 Å². The third-order valence-electron chi connectivity index (χ3n) is 5.78. The number of carbonyl (C=O) groups excluding carboxylic acids is 2. The van der Waals surface area contributed by atoms with Crippen molar-refractivity contribution in [3.63, 3.8) is 0 Å². The van der Waals surface area contributed by atoms with Gasteiger partial charge in [0.05, 0.1) is 32.4 Å². The Morgan fingerprint density at radius 2 is 1.57 bits per heavy atom. The first-order valence-electron chi connectivity index (χ1n) is 11.3. The maximum absolute atomic E-state index is 13.3. The van der Waals surface area contributed by atoms with E-state index in [2.05, 4.69) is 0 Å². The molecular weight excluding hydrogens is 446 g/mol. The van der Waals surface area contributed by atoms with Gasteiger partial charge in [-0.1, -0.05) is 31.2 Å². The van der Waals surface area contributed by atoms with Crippen molar-refractivity contribution in [3.8, 4) is 17.2 Å². The summed E-state index contributed by atoms with van der Waals surface area (Å²) >= 11 is 0. The van der Waals surface area contributed by atoms with Crippen molar-refractivity contribution in [2.24, 2.45) is 0 Å². The number of methoxy groups -OCH3 is 2. The minimum atomic E-state index is -0.861. The molecule has 0 aromatic heterocycles. The first kappa shape index (κ1) is 23.9. The molecule has 1 atom stereocenters. The second-order valence-electron chi connectivity index (χ2n) is 8.02. The maximum Gasteiger partial charge on any atom is 0.300 e. The SMILES string of the molecule is CCCOc1cccc(C2/C(=C(/O)c3cccc(OC)c3)C(=O)C(=O)N2c2ccc(OC)cc2)c1. The van der Waals surface area contributed by atoms with Crippen molar-refractivity contribution in [3.05, 3.63) is 89.5 Å². The molecule has 1 fully saturated rings. The van der Waals surface area contributed by atoms with E-state index in [4.69, 9.17) is 14.2 Å². The third kappa shape index (κ3) is 4.71. The number of nitrogens with zero attached hydrogens (tertiary/aromatic N) is 1. The molecule has 0 bridgehead atoms. The zero-order valence-corrected chi connectivity index (χ0v) is 19.9. The van der Waals surface area contributed by atoms with Gasteiger partial charge in [0.1, 0.15) is 23.0 Å². The largest absolute Gasteiger partial charge is 0.507 e. The van der Waals surface area contributed by atoms with E-state index in [1.54, 1.807) is 67.8 Å². The van der Waals surface area contributed by atoms with Gasteiger partial charge < -0.3 is 19.3 Å². The number of hydrogen-bond donors (Lipinski definition) is 1. The van der Waals surface area contributed by atoms with Crippen molar-refractivity contribution < 1.29 is 28.9 Å². The number of ketones is 1. The summed E-state index contributed by atoms with van der Waals surface area (Å²) in [5, 5.41) is 11.3. The summed E-state index contributed by atoms with van der Waals surface area (Å²) in [6.45, 7) is 2.54. The van der Waals surface area contributed by atoms with Crippen molar-refractivity contribution in [1.29, 1.82) is 0 Å². The van der Waals surface area contributed by atoms with Crippen LogP contribution in [0, 0.1) is 0 Å². The molecule has 0 aliphatic carbocycles. The summed E-state index contributed by atoms with van der Waals surface area (Å²) in [5.74, 6) is -0.0251. The smallest absolute Gasteiger partial charge is 0.300 e. The van der Waals surface area contributed by atoms with E-state index in [9.17, 15) is 14.7 Å². The van der Waals surface area contributed by atoms with Gasteiger partial charge in [0, 0.05) is 11.3 Å². The number of anilines is 1. The lowest BCUT2D eigenvalue weighted by molar-refractivity contribution is -0.132. The molecule has 1 unspecified atom stereocenters. The predicted octanol–water partition coefficient (Wildman–Crippen LogP) is 5.12.